The normalized spacial score (nSPS) is 14.3. The van der Waals surface area contributed by atoms with Gasteiger partial charge in [-0.25, -0.2) is 0 Å². The van der Waals surface area contributed by atoms with Gasteiger partial charge in [-0.3, -0.25) is 4.79 Å². The monoisotopic (exact) mass is 491 g/mol. The third-order valence-corrected chi connectivity index (χ3v) is 5.42. The van der Waals surface area contributed by atoms with E-state index < -0.39 is 25.3 Å². The second-order valence-electron chi connectivity index (χ2n) is 7.29. The molecular formula is C21H21Cl2F2NO6. The lowest BCUT2D eigenvalue weighted by Gasteiger charge is -2.21. The molecule has 1 saturated carbocycles. The van der Waals surface area contributed by atoms with Gasteiger partial charge in [0.05, 0.1) is 19.6 Å². The molecule has 1 aliphatic rings. The van der Waals surface area contributed by atoms with Gasteiger partial charge in [-0.15, -0.1) is 0 Å². The van der Waals surface area contributed by atoms with Crippen LogP contribution in [0.2, 0.25) is 10.0 Å². The number of benzene rings is 1. The average Bonchev–Trinajstić information content (AvgIpc) is 3.53. The third kappa shape index (κ3) is 6.82. The number of hydrogen-bond donors (Lipinski definition) is 1. The van der Waals surface area contributed by atoms with E-state index in [9.17, 15) is 18.8 Å². The Morgan fingerprint density at radius 1 is 1.22 bits per heavy atom. The lowest BCUT2D eigenvalue weighted by atomic mass is 10.0. The molecule has 1 fully saturated rings. The van der Waals surface area contributed by atoms with Gasteiger partial charge in [0, 0.05) is 12.0 Å². The van der Waals surface area contributed by atoms with Gasteiger partial charge in [0.2, 0.25) is 0 Å². The number of ether oxygens (including phenoxy) is 3. The van der Waals surface area contributed by atoms with Gasteiger partial charge in [0.25, 0.3) is 0 Å². The summed E-state index contributed by atoms with van der Waals surface area (Å²) in [5.41, 5.74) is 0.769. The SMILES string of the molecule is O=C(CCO)OC(Cc1c(Cl)c[n+]([O-])cc1Cl)c1ccc(OC(F)F)c(OCC2CC2)c1. The highest BCUT2D eigenvalue weighted by molar-refractivity contribution is 6.35. The quantitative estimate of drug-likeness (QED) is 0.287. The number of carbonyl (C=O) groups excluding carboxylic acids is 1. The van der Waals surface area contributed by atoms with Gasteiger partial charge >= 0.3 is 12.6 Å². The highest BCUT2D eigenvalue weighted by atomic mass is 35.5. The molecule has 7 nitrogen and oxygen atoms in total. The number of aliphatic hydroxyl groups is 1. The van der Waals surface area contributed by atoms with Crippen molar-refractivity contribution in [2.45, 2.75) is 38.4 Å². The molecule has 3 rings (SSSR count). The largest absolute Gasteiger partial charge is 0.619 e. The lowest BCUT2D eigenvalue weighted by molar-refractivity contribution is -0.605. The van der Waals surface area contributed by atoms with Crippen LogP contribution in [0.25, 0.3) is 0 Å². The molecule has 1 unspecified atom stereocenters. The van der Waals surface area contributed by atoms with Crippen LogP contribution in [0, 0.1) is 11.1 Å². The first-order valence-electron chi connectivity index (χ1n) is 9.85. The van der Waals surface area contributed by atoms with Gasteiger partial charge in [-0.2, -0.15) is 13.5 Å². The van der Waals surface area contributed by atoms with E-state index in [4.69, 9.17) is 37.8 Å². The number of carbonyl (C=O) groups is 1. The fourth-order valence-corrected chi connectivity index (χ4v) is 3.57. The van der Waals surface area contributed by atoms with Crippen LogP contribution in [-0.4, -0.2) is 30.9 Å². The van der Waals surface area contributed by atoms with Crippen LogP contribution in [-0.2, 0) is 16.0 Å². The van der Waals surface area contributed by atoms with Crippen molar-refractivity contribution in [3.05, 3.63) is 57.0 Å². The maximum absolute atomic E-state index is 12.8. The smallest absolute Gasteiger partial charge is 0.387 e. The predicted molar refractivity (Wildman–Crippen MR) is 111 cm³/mol. The summed E-state index contributed by atoms with van der Waals surface area (Å²) in [7, 11) is 0. The summed E-state index contributed by atoms with van der Waals surface area (Å²) in [4.78, 5) is 12.1. The molecule has 174 valence electrons. The number of aliphatic hydroxyl groups excluding tert-OH is 1. The molecule has 0 spiro atoms. The number of pyridine rings is 1. The minimum absolute atomic E-state index is 0.00715. The van der Waals surface area contributed by atoms with Gasteiger partial charge in [-0.1, -0.05) is 29.3 Å². The number of esters is 1. The van der Waals surface area contributed by atoms with Crippen molar-refractivity contribution in [1.29, 1.82) is 0 Å². The number of aromatic nitrogens is 1. The Labute approximate surface area is 193 Å². The van der Waals surface area contributed by atoms with Crippen LogP contribution in [0.15, 0.2) is 30.6 Å². The maximum atomic E-state index is 12.8. The Bertz CT molecular complexity index is 935. The van der Waals surface area contributed by atoms with Crippen molar-refractivity contribution < 1.29 is 37.6 Å². The molecule has 0 saturated heterocycles. The van der Waals surface area contributed by atoms with Crippen LogP contribution in [0.5, 0.6) is 11.5 Å². The highest BCUT2D eigenvalue weighted by Gasteiger charge is 2.26. The van der Waals surface area contributed by atoms with Crippen LogP contribution in [0.4, 0.5) is 8.78 Å². The molecule has 32 heavy (non-hydrogen) atoms. The molecule has 1 aromatic heterocycles. The molecule has 2 aromatic rings. The summed E-state index contributed by atoms with van der Waals surface area (Å²) in [6.45, 7) is -3.10. The zero-order chi connectivity index (χ0) is 23.3. The maximum Gasteiger partial charge on any atom is 0.387 e. The number of halogens is 4. The molecule has 0 bridgehead atoms. The number of nitrogens with zero attached hydrogens (tertiary/aromatic N) is 1. The number of rotatable bonds is 11. The summed E-state index contributed by atoms with van der Waals surface area (Å²) in [6.07, 6.45) is 3.01. The molecule has 1 aromatic carbocycles. The lowest BCUT2D eigenvalue weighted by Crippen LogP contribution is -2.25. The zero-order valence-electron chi connectivity index (χ0n) is 16.8. The minimum atomic E-state index is -3.04. The Kier molecular flexibility index (Phi) is 8.33. The fraction of sp³-hybridized carbons (Fsp3) is 0.429. The molecule has 1 N–H and O–H groups in total. The van der Waals surface area contributed by atoms with Crippen molar-refractivity contribution in [2.75, 3.05) is 13.2 Å². The van der Waals surface area contributed by atoms with Crippen LogP contribution in [0.3, 0.4) is 0 Å². The average molecular weight is 492 g/mol. The summed E-state index contributed by atoms with van der Waals surface area (Å²) in [5, 5.41) is 20.7. The molecule has 11 heteroatoms. The molecular weight excluding hydrogens is 471 g/mol. The van der Waals surface area contributed by atoms with Crippen LogP contribution in [0.1, 0.15) is 36.5 Å². The van der Waals surface area contributed by atoms with E-state index >= 15 is 0 Å². The van der Waals surface area contributed by atoms with Crippen molar-refractivity contribution in [1.82, 2.24) is 0 Å². The minimum Gasteiger partial charge on any atom is -0.619 e. The first kappa shape index (κ1) is 24.3. The Morgan fingerprint density at radius 3 is 2.50 bits per heavy atom. The number of alkyl halides is 2. The predicted octanol–water partition coefficient (Wildman–Crippen LogP) is 4.23. The molecule has 1 atom stereocenters. The fourth-order valence-electron chi connectivity index (χ4n) is 2.97. The van der Waals surface area contributed by atoms with Crippen LogP contribution >= 0.6 is 23.2 Å². The standard InChI is InChI=1S/C21H21Cl2F2NO6/c22-15-9-26(29)10-16(23)14(15)8-18(31-20(28)5-6-27)13-3-4-17(32-21(24)25)19(7-13)30-11-12-1-2-12/h3-4,7,9-10,12,18,21,27H,1-2,5-6,8,11H2. The van der Waals surface area contributed by atoms with E-state index in [1.807, 2.05) is 0 Å². The molecule has 0 aliphatic heterocycles. The van der Waals surface area contributed by atoms with Crippen molar-refractivity contribution in [3.8, 4) is 11.5 Å². The summed E-state index contributed by atoms with van der Waals surface area (Å²) >= 11 is 12.3. The number of hydrogen-bond acceptors (Lipinski definition) is 6. The van der Waals surface area contributed by atoms with Gasteiger partial charge < -0.3 is 24.5 Å². The summed E-state index contributed by atoms with van der Waals surface area (Å²) < 4.78 is 41.8. The third-order valence-electron chi connectivity index (χ3n) is 4.76. The second-order valence-corrected chi connectivity index (χ2v) is 8.10. The van der Waals surface area contributed by atoms with Crippen molar-refractivity contribution in [2.24, 2.45) is 5.92 Å². The molecule has 1 aliphatic carbocycles. The van der Waals surface area contributed by atoms with Crippen molar-refractivity contribution >= 4 is 29.2 Å². The highest BCUT2D eigenvalue weighted by Crippen LogP contribution is 2.37. The van der Waals surface area contributed by atoms with Gasteiger partial charge in [-0.05, 0) is 36.5 Å². The van der Waals surface area contributed by atoms with E-state index in [0.717, 1.165) is 25.2 Å². The molecule has 0 radical (unpaired) electrons. The van der Waals surface area contributed by atoms with E-state index in [1.54, 1.807) is 0 Å². The van der Waals surface area contributed by atoms with Crippen molar-refractivity contribution in [3.63, 3.8) is 0 Å². The molecule has 0 amide bonds. The van der Waals surface area contributed by atoms with Gasteiger partial charge in [0.15, 0.2) is 23.9 Å². The Morgan fingerprint density at radius 2 is 1.91 bits per heavy atom. The Balaban J connectivity index is 1.93. The second kappa shape index (κ2) is 11.0. The van der Waals surface area contributed by atoms with E-state index in [-0.39, 0.29) is 34.4 Å². The van der Waals surface area contributed by atoms with E-state index in [0.29, 0.717) is 28.4 Å². The van der Waals surface area contributed by atoms with Gasteiger partial charge in [0.1, 0.15) is 16.1 Å². The molecule has 1 heterocycles. The van der Waals surface area contributed by atoms with E-state index in [2.05, 4.69) is 4.74 Å². The van der Waals surface area contributed by atoms with E-state index in [1.165, 1.54) is 18.2 Å². The Hall–Kier alpha value is -2.36. The summed E-state index contributed by atoms with van der Waals surface area (Å²) in [6, 6.07) is 4.21. The topological polar surface area (TPSA) is 91.9 Å². The zero-order valence-corrected chi connectivity index (χ0v) is 18.3. The first-order valence-corrected chi connectivity index (χ1v) is 10.6. The summed E-state index contributed by atoms with van der Waals surface area (Å²) in [5.74, 6) is -0.390. The van der Waals surface area contributed by atoms with Crippen LogP contribution < -0.4 is 14.2 Å². The first-order chi connectivity index (χ1) is 15.3.